The van der Waals surface area contributed by atoms with E-state index < -0.39 is 0 Å². The third-order valence-electron chi connectivity index (χ3n) is 3.55. The Kier molecular flexibility index (Phi) is 4.39. The summed E-state index contributed by atoms with van der Waals surface area (Å²) < 4.78 is 5.80. The smallest absolute Gasteiger partial charge is 0.150 e. The molecule has 114 valence electrons. The lowest BCUT2D eigenvalue weighted by molar-refractivity contribution is 0.112. The van der Waals surface area contributed by atoms with Gasteiger partial charge >= 0.3 is 0 Å². The second-order valence-electron chi connectivity index (χ2n) is 5.20. The maximum Gasteiger partial charge on any atom is 0.150 e. The minimum Gasteiger partial charge on any atom is -0.507 e. The first kappa shape index (κ1) is 14.9. The van der Waals surface area contributed by atoms with Gasteiger partial charge < -0.3 is 9.84 Å². The van der Waals surface area contributed by atoms with Gasteiger partial charge in [-0.05, 0) is 41.5 Å². The van der Waals surface area contributed by atoms with Gasteiger partial charge in [0.15, 0.2) is 0 Å². The van der Waals surface area contributed by atoms with Crippen LogP contribution in [-0.2, 0) is 6.61 Å². The zero-order chi connectivity index (χ0) is 16.1. The van der Waals surface area contributed by atoms with Crippen molar-refractivity contribution < 1.29 is 14.6 Å². The number of aldehydes is 1. The van der Waals surface area contributed by atoms with Crippen LogP contribution in [-0.4, -0.2) is 11.4 Å². The van der Waals surface area contributed by atoms with E-state index in [0.717, 1.165) is 17.4 Å². The first-order valence-corrected chi connectivity index (χ1v) is 7.31. The maximum atomic E-state index is 10.9. The highest BCUT2D eigenvalue weighted by Crippen LogP contribution is 2.32. The van der Waals surface area contributed by atoms with Crippen LogP contribution in [0.5, 0.6) is 11.5 Å². The predicted octanol–water partition coefficient (Wildman–Crippen LogP) is 4.45. The lowest BCUT2D eigenvalue weighted by Crippen LogP contribution is -1.95. The molecule has 0 unspecified atom stereocenters. The Morgan fingerprint density at radius 2 is 1.74 bits per heavy atom. The Balaban J connectivity index is 1.84. The number of ether oxygens (including phenoxy) is 1. The summed E-state index contributed by atoms with van der Waals surface area (Å²) in [6.45, 7) is 0.477. The van der Waals surface area contributed by atoms with Crippen molar-refractivity contribution in [2.75, 3.05) is 0 Å². The SMILES string of the molecule is O=Cc1ccc(O)c(-c2cccc(OCc3ccccc3)c2)c1. The van der Waals surface area contributed by atoms with E-state index >= 15 is 0 Å². The summed E-state index contributed by atoms with van der Waals surface area (Å²) in [4.78, 5) is 10.9. The average Bonchev–Trinajstić information content (AvgIpc) is 2.61. The zero-order valence-corrected chi connectivity index (χ0v) is 12.5. The number of benzene rings is 3. The predicted molar refractivity (Wildman–Crippen MR) is 89.7 cm³/mol. The highest BCUT2D eigenvalue weighted by Gasteiger charge is 2.07. The molecule has 0 saturated heterocycles. The molecule has 0 saturated carbocycles. The normalized spacial score (nSPS) is 10.3. The Morgan fingerprint density at radius 1 is 0.913 bits per heavy atom. The van der Waals surface area contributed by atoms with E-state index in [1.807, 2.05) is 54.6 Å². The van der Waals surface area contributed by atoms with Crippen LogP contribution in [0, 0.1) is 0 Å². The van der Waals surface area contributed by atoms with Crippen molar-refractivity contribution in [1.29, 1.82) is 0 Å². The highest BCUT2D eigenvalue weighted by molar-refractivity contribution is 5.81. The third kappa shape index (κ3) is 3.58. The van der Waals surface area contributed by atoms with Crippen LogP contribution >= 0.6 is 0 Å². The second-order valence-corrected chi connectivity index (χ2v) is 5.20. The van der Waals surface area contributed by atoms with Crippen LogP contribution in [0.2, 0.25) is 0 Å². The summed E-state index contributed by atoms with van der Waals surface area (Å²) in [6, 6.07) is 22.1. The van der Waals surface area contributed by atoms with Crippen LogP contribution in [0.15, 0.2) is 72.8 Å². The van der Waals surface area contributed by atoms with Crippen molar-refractivity contribution in [3.63, 3.8) is 0 Å². The van der Waals surface area contributed by atoms with E-state index in [9.17, 15) is 9.90 Å². The molecule has 3 nitrogen and oxygen atoms in total. The van der Waals surface area contributed by atoms with Gasteiger partial charge in [0.2, 0.25) is 0 Å². The fourth-order valence-electron chi connectivity index (χ4n) is 2.35. The van der Waals surface area contributed by atoms with Gasteiger partial charge in [0, 0.05) is 11.1 Å². The molecule has 0 aliphatic carbocycles. The number of carbonyl (C=O) groups is 1. The number of hydrogen-bond acceptors (Lipinski definition) is 3. The number of carbonyl (C=O) groups excluding carboxylic acids is 1. The van der Waals surface area contributed by atoms with Crippen LogP contribution in [0.3, 0.4) is 0 Å². The van der Waals surface area contributed by atoms with Crippen molar-refractivity contribution in [2.45, 2.75) is 6.61 Å². The van der Waals surface area contributed by atoms with Gasteiger partial charge in [-0.3, -0.25) is 4.79 Å². The van der Waals surface area contributed by atoms with Crippen LogP contribution in [0.4, 0.5) is 0 Å². The lowest BCUT2D eigenvalue weighted by atomic mass is 10.0. The van der Waals surface area contributed by atoms with E-state index in [4.69, 9.17) is 4.74 Å². The van der Waals surface area contributed by atoms with Crippen molar-refractivity contribution >= 4 is 6.29 Å². The van der Waals surface area contributed by atoms with Gasteiger partial charge in [0.05, 0.1) is 0 Å². The molecule has 0 atom stereocenters. The fourth-order valence-corrected chi connectivity index (χ4v) is 2.35. The largest absolute Gasteiger partial charge is 0.507 e. The van der Waals surface area contributed by atoms with Gasteiger partial charge in [-0.1, -0.05) is 42.5 Å². The van der Waals surface area contributed by atoms with Crippen LogP contribution in [0.25, 0.3) is 11.1 Å². The minimum atomic E-state index is 0.135. The summed E-state index contributed by atoms with van der Waals surface area (Å²) >= 11 is 0. The standard InChI is InChI=1S/C20H16O3/c21-13-16-9-10-20(22)19(11-16)17-7-4-8-18(12-17)23-14-15-5-2-1-3-6-15/h1-13,22H,14H2. The molecule has 0 aliphatic rings. The molecule has 0 aliphatic heterocycles. The molecule has 0 heterocycles. The number of hydrogen-bond donors (Lipinski definition) is 1. The van der Waals surface area contributed by atoms with Gasteiger partial charge in [-0.15, -0.1) is 0 Å². The fraction of sp³-hybridized carbons (Fsp3) is 0.0500. The van der Waals surface area contributed by atoms with E-state index in [1.165, 1.54) is 6.07 Å². The first-order valence-electron chi connectivity index (χ1n) is 7.31. The number of aromatic hydroxyl groups is 1. The molecule has 3 heteroatoms. The molecule has 0 amide bonds. The molecule has 0 aromatic heterocycles. The van der Waals surface area contributed by atoms with Crippen molar-refractivity contribution in [3.05, 3.63) is 83.9 Å². The van der Waals surface area contributed by atoms with Crippen molar-refractivity contribution in [2.24, 2.45) is 0 Å². The minimum absolute atomic E-state index is 0.135. The number of rotatable bonds is 5. The quantitative estimate of drug-likeness (QED) is 0.708. The summed E-state index contributed by atoms with van der Waals surface area (Å²) in [5, 5.41) is 10.0. The molecule has 3 aromatic rings. The van der Waals surface area contributed by atoms with Crippen molar-refractivity contribution in [3.8, 4) is 22.6 Å². The third-order valence-corrected chi connectivity index (χ3v) is 3.55. The summed E-state index contributed by atoms with van der Waals surface area (Å²) in [5.41, 5.74) is 3.02. The van der Waals surface area contributed by atoms with Crippen LogP contribution < -0.4 is 4.74 Å². The van der Waals surface area contributed by atoms with Gasteiger partial charge in [0.25, 0.3) is 0 Å². The Bertz CT molecular complexity index is 810. The van der Waals surface area contributed by atoms with E-state index in [1.54, 1.807) is 12.1 Å². The highest BCUT2D eigenvalue weighted by atomic mass is 16.5. The molecule has 0 radical (unpaired) electrons. The summed E-state index contributed by atoms with van der Waals surface area (Å²) in [5.74, 6) is 0.845. The molecular formula is C20H16O3. The first-order chi connectivity index (χ1) is 11.3. The Labute approximate surface area is 134 Å². The molecule has 3 rings (SSSR count). The molecule has 1 N–H and O–H groups in total. The molecule has 3 aromatic carbocycles. The number of phenolic OH excluding ortho intramolecular Hbond substituents is 1. The summed E-state index contributed by atoms with van der Waals surface area (Å²) in [7, 11) is 0. The topological polar surface area (TPSA) is 46.5 Å². The lowest BCUT2D eigenvalue weighted by Gasteiger charge is -2.10. The molecule has 0 bridgehead atoms. The monoisotopic (exact) mass is 304 g/mol. The van der Waals surface area contributed by atoms with Gasteiger partial charge in [-0.25, -0.2) is 0 Å². The van der Waals surface area contributed by atoms with E-state index in [-0.39, 0.29) is 5.75 Å². The Morgan fingerprint density at radius 3 is 2.52 bits per heavy atom. The van der Waals surface area contributed by atoms with Crippen molar-refractivity contribution in [1.82, 2.24) is 0 Å². The van der Waals surface area contributed by atoms with Crippen LogP contribution in [0.1, 0.15) is 15.9 Å². The second kappa shape index (κ2) is 6.79. The van der Waals surface area contributed by atoms with E-state index in [0.29, 0.717) is 23.5 Å². The Hall–Kier alpha value is -3.07. The van der Waals surface area contributed by atoms with E-state index in [2.05, 4.69) is 0 Å². The molecular weight excluding hydrogens is 288 g/mol. The summed E-state index contributed by atoms with van der Waals surface area (Å²) in [6.07, 6.45) is 0.763. The average molecular weight is 304 g/mol. The molecule has 0 fully saturated rings. The maximum absolute atomic E-state index is 10.9. The molecule has 0 spiro atoms. The van der Waals surface area contributed by atoms with Gasteiger partial charge in [0.1, 0.15) is 24.4 Å². The zero-order valence-electron chi connectivity index (χ0n) is 12.5. The van der Waals surface area contributed by atoms with Gasteiger partial charge in [-0.2, -0.15) is 0 Å². The molecule has 23 heavy (non-hydrogen) atoms. The number of phenols is 1.